The van der Waals surface area contributed by atoms with E-state index in [1.54, 1.807) is 0 Å². The zero-order valence-electron chi connectivity index (χ0n) is 9.85. The largest absolute Gasteiger partial charge is 0.465 e. The van der Waals surface area contributed by atoms with Gasteiger partial charge in [-0.3, -0.25) is 4.79 Å². The molecule has 0 aromatic heterocycles. The number of carbonyl (C=O) groups is 1. The highest BCUT2D eigenvalue weighted by Gasteiger charge is 2.32. The van der Waals surface area contributed by atoms with E-state index in [1.807, 2.05) is 18.2 Å². The number of esters is 1. The highest BCUT2D eigenvalue weighted by Crippen LogP contribution is 2.32. The smallest absolute Gasteiger partial charge is 0.309 e. The quantitative estimate of drug-likeness (QED) is 0.713. The topological polar surface area (TPSA) is 26.3 Å². The lowest BCUT2D eigenvalue weighted by atomic mass is 9.82. The highest BCUT2D eigenvalue weighted by atomic mass is 16.5. The molecule has 1 aromatic carbocycles. The Bertz CT molecular complexity index is 356. The van der Waals surface area contributed by atoms with Crippen molar-refractivity contribution in [1.82, 2.24) is 0 Å². The van der Waals surface area contributed by atoms with E-state index in [1.165, 1.54) is 5.56 Å². The average molecular weight is 218 g/mol. The minimum absolute atomic E-state index is 0.0258. The van der Waals surface area contributed by atoms with Crippen LogP contribution in [0.5, 0.6) is 0 Å². The van der Waals surface area contributed by atoms with Crippen LogP contribution in [0.3, 0.4) is 0 Å². The first-order valence-electron chi connectivity index (χ1n) is 5.90. The molecule has 16 heavy (non-hydrogen) atoms. The molecule has 1 saturated heterocycles. The van der Waals surface area contributed by atoms with Crippen LogP contribution in [0, 0.1) is 11.8 Å². The number of rotatable bonds is 2. The Balaban J connectivity index is 2.12. The van der Waals surface area contributed by atoms with Crippen LogP contribution in [0.15, 0.2) is 30.3 Å². The van der Waals surface area contributed by atoms with Crippen molar-refractivity contribution in [1.29, 1.82) is 0 Å². The fraction of sp³-hybridized carbons (Fsp3) is 0.500. The molecule has 86 valence electrons. The lowest BCUT2D eigenvalue weighted by Gasteiger charge is -2.30. The van der Waals surface area contributed by atoms with Crippen LogP contribution in [-0.4, -0.2) is 12.6 Å². The fourth-order valence-electron chi connectivity index (χ4n) is 2.26. The minimum Gasteiger partial charge on any atom is -0.465 e. The molecule has 1 aliphatic rings. The number of hydrogen-bond donors (Lipinski definition) is 0. The maximum atomic E-state index is 11.6. The third-order valence-electron chi connectivity index (χ3n) is 3.34. The molecule has 1 aromatic rings. The van der Waals surface area contributed by atoms with Gasteiger partial charge in [-0.2, -0.15) is 0 Å². The molecule has 0 spiro atoms. The van der Waals surface area contributed by atoms with Gasteiger partial charge >= 0.3 is 5.97 Å². The Morgan fingerprint density at radius 3 is 2.56 bits per heavy atom. The van der Waals surface area contributed by atoms with Crippen molar-refractivity contribution >= 4 is 5.97 Å². The number of benzene rings is 1. The summed E-state index contributed by atoms with van der Waals surface area (Å²) in [6.45, 7) is 4.70. The van der Waals surface area contributed by atoms with E-state index in [4.69, 9.17) is 4.74 Å². The van der Waals surface area contributed by atoms with E-state index in [9.17, 15) is 4.79 Å². The second-order valence-corrected chi connectivity index (χ2v) is 4.82. The van der Waals surface area contributed by atoms with Crippen molar-refractivity contribution in [3.8, 4) is 0 Å². The molecule has 0 bridgehead atoms. The van der Waals surface area contributed by atoms with Gasteiger partial charge in [0.1, 0.15) is 0 Å². The predicted molar refractivity (Wildman–Crippen MR) is 63.1 cm³/mol. The molecular weight excluding hydrogens is 200 g/mol. The van der Waals surface area contributed by atoms with Crippen LogP contribution < -0.4 is 0 Å². The first-order chi connectivity index (χ1) is 7.68. The molecule has 2 unspecified atom stereocenters. The van der Waals surface area contributed by atoms with Gasteiger partial charge in [0.15, 0.2) is 0 Å². The Hall–Kier alpha value is -1.31. The maximum Gasteiger partial charge on any atom is 0.309 e. The van der Waals surface area contributed by atoms with Crippen LogP contribution >= 0.6 is 0 Å². The molecular formula is C14H18O2. The second kappa shape index (κ2) is 4.69. The van der Waals surface area contributed by atoms with Crippen LogP contribution in [-0.2, 0) is 9.53 Å². The van der Waals surface area contributed by atoms with Gasteiger partial charge in [-0.1, -0.05) is 44.2 Å². The van der Waals surface area contributed by atoms with Crippen molar-refractivity contribution in [2.45, 2.75) is 26.2 Å². The van der Waals surface area contributed by atoms with Gasteiger partial charge in [0.2, 0.25) is 0 Å². The van der Waals surface area contributed by atoms with Gasteiger partial charge in [-0.15, -0.1) is 0 Å². The van der Waals surface area contributed by atoms with E-state index in [2.05, 4.69) is 26.0 Å². The maximum absolute atomic E-state index is 11.6. The summed E-state index contributed by atoms with van der Waals surface area (Å²) in [7, 11) is 0. The summed E-state index contributed by atoms with van der Waals surface area (Å²) < 4.78 is 5.28. The van der Waals surface area contributed by atoms with Gasteiger partial charge in [-0.25, -0.2) is 0 Å². The van der Waals surface area contributed by atoms with Crippen molar-refractivity contribution in [3.63, 3.8) is 0 Å². The van der Waals surface area contributed by atoms with Gasteiger partial charge in [-0.05, 0) is 17.9 Å². The zero-order chi connectivity index (χ0) is 11.5. The number of ether oxygens (including phenoxy) is 1. The van der Waals surface area contributed by atoms with E-state index in [0.717, 1.165) is 6.42 Å². The summed E-state index contributed by atoms with van der Waals surface area (Å²) in [5.74, 6) is 0.756. The van der Waals surface area contributed by atoms with Crippen LogP contribution in [0.25, 0.3) is 0 Å². The molecule has 1 aliphatic heterocycles. The van der Waals surface area contributed by atoms with Crippen LogP contribution in [0.4, 0.5) is 0 Å². The third kappa shape index (κ3) is 2.26. The number of hydrogen-bond acceptors (Lipinski definition) is 2. The lowest BCUT2D eigenvalue weighted by Crippen LogP contribution is -2.32. The first kappa shape index (κ1) is 11.2. The van der Waals surface area contributed by atoms with Crippen molar-refractivity contribution < 1.29 is 9.53 Å². The fourth-order valence-corrected chi connectivity index (χ4v) is 2.26. The summed E-state index contributed by atoms with van der Waals surface area (Å²) in [4.78, 5) is 11.6. The van der Waals surface area contributed by atoms with E-state index in [-0.39, 0.29) is 11.9 Å². The highest BCUT2D eigenvalue weighted by molar-refractivity contribution is 5.73. The van der Waals surface area contributed by atoms with Crippen LogP contribution in [0.1, 0.15) is 31.7 Å². The number of carbonyl (C=O) groups excluding carboxylic acids is 1. The standard InChI is InChI=1S/C14H18O2/c1-10(2)13-8-12(9-16-14(13)15)11-6-4-3-5-7-11/h3-7,10,12-13H,8-9H2,1-2H3. The van der Waals surface area contributed by atoms with Gasteiger partial charge in [0.05, 0.1) is 12.5 Å². The van der Waals surface area contributed by atoms with Gasteiger partial charge in [0.25, 0.3) is 0 Å². The van der Waals surface area contributed by atoms with E-state index < -0.39 is 0 Å². The number of cyclic esters (lactones) is 1. The summed E-state index contributed by atoms with van der Waals surface area (Å²) in [5.41, 5.74) is 1.28. The molecule has 0 aliphatic carbocycles. The molecule has 0 radical (unpaired) electrons. The predicted octanol–water partition coefficient (Wildman–Crippen LogP) is 2.99. The van der Waals surface area contributed by atoms with Crippen molar-refractivity contribution in [2.75, 3.05) is 6.61 Å². The molecule has 2 atom stereocenters. The second-order valence-electron chi connectivity index (χ2n) is 4.82. The molecule has 0 amide bonds. The average Bonchev–Trinajstić information content (AvgIpc) is 2.30. The van der Waals surface area contributed by atoms with E-state index in [0.29, 0.717) is 18.4 Å². The first-order valence-corrected chi connectivity index (χ1v) is 5.90. The lowest BCUT2D eigenvalue weighted by molar-refractivity contribution is -0.156. The van der Waals surface area contributed by atoms with Gasteiger partial charge in [0, 0.05) is 5.92 Å². The summed E-state index contributed by atoms with van der Waals surface area (Å²) in [6, 6.07) is 10.3. The normalized spacial score (nSPS) is 25.6. The SMILES string of the molecule is CC(C)C1CC(c2ccccc2)COC1=O. The summed E-state index contributed by atoms with van der Waals surface area (Å²) >= 11 is 0. The molecule has 0 N–H and O–H groups in total. The van der Waals surface area contributed by atoms with Crippen molar-refractivity contribution in [2.24, 2.45) is 11.8 Å². The Labute approximate surface area is 96.6 Å². The summed E-state index contributed by atoms with van der Waals surface area (Å²) in [5, 5.41) is 0. The molecule has 0 saturated carbocycles. The zero-order valence-corrected chi connectivity index (χ0v) is 9.85. The monoisotopic (exact) mass is 218 g/mol. The molecule has 2 nitrogen and oxygen atoms in total. The molecule has 2 heteroatoms. The molecule has 1 heterocycles. The van der Waals surface area contributed by atoms with Crippen LogP contribution in [0.2, 0.25) is 0 Å². The van der Waals surface area contributed by atoms with Gasteiger partial charge < -0.3 is 4.74 Å². The Kier molecular flexibility index (Phi) is 3.28. The Morgan fingerprint density at radius 2 is 1.94 bits per heavy atom. The third-order valence-corrected chi connectivity index (χ3v) is 3.34. The Morgan fingerprint density at radius 1 is 1.25 bits per heavy atom. The summed E-state index contributed by atoms with van der Waals surface area (Å²) in [6.07, 6.45) is 0.917. The molecule has 1 fully saturated rings. The van der Waals surface area contributed by atoms with E-state index >= 15 is 0 Å². The van der Waals surface area contributed by atoms with Crippen molar-refractivity contribution in [3.05, 3.63) is 35.9 Å². The minimum atomic E-state index is -0.0258. The molecule has 2 rings (SSSR count).